The first-order chi connectivity index (χ1) is 7.86. The summed E-state index contributed by atoms with van der Waals surface area (Å²) in [5.74, 6) is 0.980. The minimum absolute atomic E-state index is 0.806. The van der Waals surface area contributed by atoms with Crippen LogP contribution in [0.3, 0.4) is 0 Å². The van der Waals surface area contributed by atoms with Crippen LogP contribution in [0.5, 0.6) is 0 Å². The minimum Gasteiger partial charge on any atom is -0.309 e. The summed E-state index contributed by atoms with van der Waals surface area (Å²) in [7, 11) is 0. The Morgan fingerprint density at radius 1 is 1.06 bits per heavy atom. The third kappa shape index (κ3) is 2.14. The van der Waals surface area contributed by atoms with Crippen molar-refractivity contribution in [2.75, 3.05) is 25.9 Å². The number of fused-ring (bicyclic) bond motifs is 3. The highest BCUT2D eigenvalue weighted by Crippen LogP contribution is 2.32. The Bertz CT molecular complexity index is 238. The quantitative estimate of drug-likeness (QED) is 0.812. The summed E-state index contributed by atoms with van der Waals surface area (Å²) in [6.45, 7) is 4.04. The first kappa shape index (κ1) is 11.4. The zero-order valence-electron chi connectivity index (χ0n) is 10.3. The molecule has 16 heavy (non-hydrogen) atoms. The minimum atomic E-state index is 0.806. The van der Waals surface area contributed by atoms with E-state index in [2.05, 4.69) is 28.2 Å². The molecule has 0 amide bonds. The van der Waals surface area contributed by atoms with E-state index in [0.29, 0.717) is 0 Å². The number of hydrogen-bond donors (Lipinski definition) is 1. The summed E-state index contributed by atoms with van der Waals surface area (Å²) in [5.41, 5.74) is 0. The van der Waals surface area contributed by atoms with E-state index in [-0.39, 0.29) is 0 Å². The molecule has 4 rings (SSSR count). The Hall–Kier alpha value is 0.270. The van der Waals surface area contributed by atoms with Crippen LogP contribution in [-0.4, -0.2) is 48.1 Å². The van der Waals surface area contributed by atoms with Crippen molar-refractivity contribution in [3.05, 3.63) is 0 Å². The van der Waals surface area contributed by atoms with Gasteiger partial charge in [0.15, 0.2) is 0 Å². The molecule has 0 aromatic carbocycles. The van der Waals surface area contributed by atoms with Crippen LogP contribution < -0.4 is 5.32 Å². The zero-order chi connectivity index (χ0) is 11.0. The highest BCUT2D eigenvalue weighted by Gasteiger charge is 2.37. The Morgan fingerprint density at radius 3 is 2.50 bits per heavy atom. The van der Waals surface area contributed by atoms with Crippen LogP contribution in [0.1, 0.15) is 32.1 Å². The molecule has 4 fully saturated rings. The molecule has 0 radical (unpaired) electrons. The van der Waals surface area contributed by atoms with Crippen molar-refractivity contribution < 1.29 is 0 Å². The van der Waals surface area contributed by atoms with Gasteiger partial charge in [0.1, 0.15) is 0 Å². The van der Waals surface area contributed by atoms with E-state index in [9.17, 15) is 0 Å². The largest absolute Gasteiger partial charge is 0.309 e. The lowest BCUT2D eigenvalue weighted by molar-refractivity contribution is 0.0677. The number of rotatable bonds is 3. The van der Waals surface area contributed by atoms with Gasteiger partial charge in [-0.1, -0.05) is 6.42 Å². The molecule has 0 aromatic heterocycles. The average Bonchev–Trinajstić information content (AvgIpc) is 2.78. The van der Waals surface area contributed by atoms with Crippen molar-refractivity contribution in [1.82, 2.24) is 10.2 Å². The second-order valence-electron chi connectivity index (χ2n) is 5.72. The molecule has 3 atom stereocenters. The third-order valence-corrected chi connectivity index (χ3v) is 6.01. The van der Waals surface area contributed by atoms with E-state index in [4.69, 9.17) is 0 Å². The van der Waals surface area contributed by atoms with E-state index < -0.39 is 0 Å². The molecule has 3 aliphatic heterocycles. The number of nitrogens with zero attached hydrogens (tertiary/aromatic N) is 1. The van der Waals surface area contributed by atoms with E-state index in [1.807, 2.05) is 0 Å². The van der Waals surface area contributed by atoms with Gasteiger partial charge in [0.25, 0.3) is 0 Å². The van der Waals surface area contributed by atoms with Gasteiger partial charge in [0.2, 0.25) is 0 Å². The van der Waals surface area contributed by atoms with E-state index >= 15 is 0 Å². The first-order valence-electron chi connectivity index (χ1n) is 6.88. The van der Waals surface area contributed by atoms with Gasteiger partial charge in [-0.25, -0.2) is 0 Å². The molecule has 0 spiro atoms. The van der Waals surface area contributed by atoms with Crippen molar-refractivity contribution in [3.63, 3.8) is 0 Å². The maximum atomic E-state index is 3.99. The lowest BCUT2D eigenvalue weighted by Crippen LogP contribution is -2.58. The van der Waals surface area contributed by atoms with Gasteiger partial charge in [-0.15, -0.1) is 0 Å². The summed E-state index contributed by atoms with van der Waals surface area (Å²) in [6, 6.07) is 1.61. The molecule has 1 aliphatic carbocycles. The average molecular weight is 240 g/mol. The summed E-state index contributed by atoms with van der Waals surface area (Å²) < 4.78 is 0. The van der Waals surface area contributed by atoms with Crippen LogP contribution in [0, 0.1) is 5.92 Å². The fourth-order valence-electron chi connectivity index (χ4n) is 3.83. The van der Waals surface area contributed by atoms with Crippen LogP contribution in [0.25, 0.3) is 0 Å². The monoisotopic (exact) mass is 240 g/mol. The van der Waals surface area contributed by atoms with Gasteiger partial charge < -0.3 is 10.2 Å². The van der Waals surface area contributed by atoms with Crippen LogP contribution in [0.15, 0.2) is 0 Å². The van der Waals surface area contributed by atoms with Crippen LogP contribution in [-0.2, 0) is 0 Å². The molecule has 2 nitrogen and oxygen atoms in total. The van der Waals surface area contributed by atoms with Crippen molar-refractivity contribution in [2.45, 2.75) is 49.4 Å². The summed E-state index contributed by atoms with van der Waals surface area (Å²) in [6.07, 6.45) is 9.43. The Labute approximate surface area is 104 Å². The van der Waals surface area contributed by atoms with E-state index in [1.54, 1.807) is 0 Å². The van der Waals surface area contributed by atoms with Gasteiger partial charge >= 0.3 is 0 Å². The normalized spacial score (nSPS) is 47.4. The molecular formula is C13H24N2S. The molecule has 0 aromatic rings. The molecule has 2 bridgehead atoms. The fourth-order valence-corrected chi connectivity index (χ4v) is 4.77. The SMILES string of the molecule is CSC1CCCC1NC1CN2CCC1CC2. The van der Waals surface area contributed by atoms with Gasteiger partial charge in [-0.05, 0) is 50.9 Å². The van der Waals surface area contributed by atoms with Crippen molar-refractivity contribution in [3.8, 4) is 0 Å². The highest BCUT2D eigenvalue weighted by atomic mass is 32.2. The van der Waals surface area contributed by atoms with Gasteiger partial charge in [0, 0.05) is 23.9 Å². The molecule has 4 aliphatic rings. The molecular weight excluding hydrogens is 216 g/mol. The lowest BCUT2D eigenvalue weighted by Gasteiger charge is -2.46. The van der Waals surface area contributed by atoms with Crippen LogP contribution in [0.2, 0.25) is 0 Å². The molecule has 3 saturated heterocycles. The van der Waals surface area contributed by atoms with Gasteiger partial charge in [0.05, 0.1) is 0 Å². The smallest absolute Gasteiger partial charge is 0.0227 e. The Kier molecular flexibility index (Phi) is 3.46. The number of nitrogens with one attached hydrogen (secondary N) is 1. The first-order valence-corrected chi connectivity index (χ1v) is 8.17. The molecule has 1 N–H and O–H groups in total. The molecule has 3 heteroatoms. The van der Waals surface area contributed by atoms with E-state index in [0.717, 1.165) is 23.3 Å². The maximum Gasteiger partial charge on any atom is 0.0227 e. The predicted molar refractivity (Wildman–Crippen MR) is 71.0 cm³/mol. The maximum absolute atomic E-state index is 3.99. The second kappa shape index (κ2) is 4.87. The predicted octanol–water partition coefficient (Wildman–Crippen LogP) is 1.95. The zero-order valence-corrected chi connectivity index (χ0v) is 11.1. The van der Waals surface area contributed by atoms with Gasteiger partial charge in [-0.2, -0.15) is 11.8 Å². The molecule has 1 saturated carbocycles. The number of thioether (sulfide) groups is 1. The van der Waals surface area contributed by atoms with Crippen molar-refractivity contribution >= 4 is 11.8 Å². The Morgan fingerprint density at radius 2 is 1.88 bits per heavy atom. The standard InChI is InChI=1S/C13H24N2S/c1-16-13-4-2-3-11(13)14-12-9-15-7-5-10(12)6-8-15/h10-14H,2-9H2,1H3. The fraction of sp³-hybridized carbons (Fsp3) is 1.00. The number of piperidine rings is 3. The van der Waals surface area contributed by atoms with Crippen LogP contribution >= 0.6 is 11.8 Å². The third-order valence-electron chi connectivity index (χ3n) is 4.84. The van der Waals surface area contributed by atoms with E-state index in [1.165, 1.54) is 51.7 Å². The van der Waals surface area contributed by atoms with Crippen LogP contribution in [0.4, 0.5) is 0 Å². The lowest BCUT2D eigenvalue weighted by atomic mass is 9.83. The topological polar surface area (TPSA) is 15.3 Å². The summed E-state index contributed by atoms with van der Waals surface area (Å²) >= 11 is 2.07. The molecule has 3 unspecified atom stereocenters. The second-order valence-corrected chi connectivity index (χ2v) is 6.80. The highest BCUT2D eigenvalue weighted by molar-refractivity contribution is 7.99. The number of hydrogen-bond acceptors (Lipinski definition) is 3. The van der Waals surface area contributed by atoms with Crippen molar-refractivity contribution in [2.24, 2.45) is 5.92 Å². The summed E-state index contributed by atoms with van der Waals surface area (Å²) in [4.78, 5) is 2.65. The van der Waals surface area contributed by atoms with Gasteiger partial charge in [-0.3, -0.25) is 0 Å². The Balaban J connectivity index is 1.58. The van der Waals surface area contributed by atoms with Crippen molar-refractivity contribution in [1.29, 1.82) is 0 Å². The molecule has 92 valence electrons. The summed E-state index contributed by atoms with van der Waals surface area (Å²) in [5, 5.41) is 4.87. The molecule has 3 heterocycles.